The van der Waals surface area contributed by atoms with Crippen LogP contribution in [0.5, 0.6) is 0 Å². The molecule has 0 amide bonds. The number of rotatable bonds is 2. The Morgan fingerprint density at radius 2 is 1.50 bits per heavy atom. The van der Waals surface area contributed by atoms with E-state index < -0.39 is 0 Å². The van der Waals surface area contributed by atoms with E-state index in [1.54, 1.807) is 0 Å². The number of piperazine rings is 1. The molecule has 5 heteroatoms. The van der Waals surface area contributed by atoms with Crippen molar-refractivity contribution in [2.45, 2.75) is 0 Å². The number of benzene rings is 1. The summed E-state index contributed by atoms with van der Waals surface area (Å²) in [6, 6.07) is 10.6. The lowest BCUT2D eigenvalue weighted by Gasteiger charge is -2.35. The van der Waals surface area contributed by atoms with Crippen LogP contribution in [-0.4, -0.2) is 37.7 Å². The molecule has 0 atom stereocenters. The Morgan fingerprint density at radius 1 is 0.938 bits per heavy atom. The largest absolute Gasteiger partial charge is 0.369 e. The molecular formula is C11H19Cl2N3. The molecule has 16 heavy (non-hydrogen) atoms. The van der Waals surface area contributed by atoms with E-state index in [1.807, 2.05) is 0 Å². The maximum atomic E-state index is 5.59. The van der Waals surface area contributed by atoms with Crippen LogP contribution in [0.15, 0.2) is 30.3 Å². The van der Waals surface area contributed by atoms with Gasteiger partial charge >= 0.3 is 0 Å². The van der Waals surface area contributed by atoms with Gasteiger partial charge in [0.2, 0.25) is 0 Å². The molecular weight excluding hydrogens is 245 g/mol. The van der Waals surface area contributed by atoms with Crippen LogP contribution < -0.4 is 10.6 Å². The number of hydrogen-bond acceptors (Lipinski definition) is 3. The standard InChI is InChI=1S/C11H17N3.2ClH/c12-10-13-6-8-14(9-7-13)11-4-2-1-3-5-11;;/h1-5H,6-10,12H2;2*1H. The van der Waals surface area contributed by atoms with Crippen molar-refractivity contribution >= 4 is 30.5 Å². The fourth-order valence-corrected chi connectivity index (χ4v) is 1.83. The second kappa shape index (κ2) is 7.74. The molecule has 1 aromatic carbocycles. The van der Waals surface area contributed by atoms with Gasteiger partial charge in [-0.1, -0.05) is 18.2 Å². The van der Waals surface area contributed by atoms with Crippen molar-refractivity contribution in [2.75, 3.05) is 37.7 Å². The minimum atomic E-state index is 0. The van der Waals surface area contributed by atoms with Crippen molar-refractivity contribution in [1.29, 1.82) is 0 Å². The van der Waals surface area contributed by atoms with Crippen LogP contribution in [-0.2, 0) is 0 Å². The van der Waals surface area contributed by atoms with Gasteiger partial charge in [0.25, 0.3) is 0 Å². The monoisotopic (exact) mass is 263 g/mol. The molecule has 1 heterocycles. The number of nitrogens with two attached hydrogens (primary N) is 1. The average molecular weight is 264 g/mol. The molecule has 0 bridgehead atoms. The molecule has 0 radical (unpaired) electrons. The second-order valence-corrected chi connectivity index (χ2v) is 3.62. The number of hydrogen-bond donors (Lipinski definition) is 1. The molecule has 0 unspecified atom stereocenters. The van der Waals surface area contributed by atoms with Crippen molar-refractivity contribution in [3.05, 3.63) is 30.3 Å². The van der Waals surface area contributed by atoms with E-state index in [-0.39, 0.29) is 24.8 Å². The van der Waals surface area contributed by atoms with Crippen LogP contribution in [0.3, 0.4) is 0 Å². The molecule has 92 valence electrons. The average Bonchev–Trinajstić information content (AvgIpc) is 2.30. The number of para-hydroxylation sites is 1. The molecule has 0 spiro atoms. The normalized spacial score (nSPS) is 16.2. The fraction of sp³-hybridized carbons (Fsp3) is 0.455. The van der Waals surface area contributed by atoms with Crippen LogP contribution in [0.25, 0.3) is 0 Å². The van der Waals surface area contributed by atoms with Gasteiger partial charge in [-0.3, -0.25) is 4.90 Å². The van der Waals surface area contributed by atoms with E-state index in [9.17, 15) is 0 Å². The maximum absolute atomic E-state index is 5.59. The van der Waals surface area contributed by atoms with E-state index >= 15 is 0 Å². The van der Waals surface area contributed by atoms with Gasteiger partial charge in [0, 0.05) is 38.5 Å². The molecule has 2 rings (SSSR count). The number of anilines is 1. The number of halogens is 2. The first-order valence-corrected chi connectivity index (χ1v) is 5.12. The van der Waals surface area contributed by atoms with E-state index in [2.05, 4.69) is 40.1 Å². The third-order valence-electron chi connectivity index (χ3n) is 2.75. The Bertz CT molecular complexity index is 274. The van der Waals surface area contributed by atoms with E-state index in [4.69, 9.17) is 5.73 Å². The summed E-state index contributed by atoms with van der Waals surface area (Å²) in [7, 11) is 0. The molecule has 3 nitrogen and oxygen atoms in total. The first-order chi connectivity index (χ1) is 6.90. The highest BCUT2D eigenvalue weighted by atomic mass is 35.5. The summed E-state index contributed by atoms with van der Waals surface area (Å²) in [6.07, 6.45) is 0. The fourth-order valence-electron chi connectivity index (χ4n) is 1.83. The van der Waals surface area contributed by atoms with Crippen molar-refractivity contribution in [2.24, 2.45) is 5.73 Å². The molecule has 0 aliphatic carbocycles. The molecule has 1 aliphatic heterocycles. The topological polar surface area (TPSA) is 32.5 Å². The Kier molecular flexibility index (Phi) is 7.51. The Labute approximate surface area is 109 Å². The second-order valence-electron chi connectivity index (χ2n) is 3.62. The molecule has 0 aromatic heterocycles. The van der Waals surface area contributed by atoms with Gasteiger partial charge in [-0.05, 0) is 12.1 Å². The van der Waals surface area contributed by atoms with Crippen molar-refractivity contribution in [3.63, 3.8) is 0 Å². The molecule has 0 saturated carbocycles. The zero-order valence-corrected chi connectivity index (χ0v) is 10.8. The van der Waals surface area contributed by atoms with E-state index in [1.165, 1.54) is 5.69 Å². The maximum Gasteiger partial charge on any atom is 0.0456 e. The first kappa shape index (κ1) is 15.5. The summed E-state index contributed by atoms with van der Waals surface area (Å²) in [6.45, 7) is 5.00. The Morgan fingerprint density at radius 3 is 2.00 bits per heavy atom. The van der Waals surface area contributed by atoms with E-state index in [0.717, 1.165) is 26.2 Å². The third kappa shape index (κ3) is 3.83. The Balaban J connectivity index is 0.00000112. The lowest BCUT2D eigenvalue weighted by Crippen LogP contribution is -2.48. The van der Waals surface area contributed by atoms with Crippen LogP contribution in [0.1, 0.15) is 0 Å². The quantitative estimate of drug-likeness (QED) is 0.880. The first-order valence-electron chi connectivity index (χ1n) is 5.12. The lowest BCUT2D eigenvalue weighted by molar-refractivity contribution is 0.265. The van der Waals surface area contributed by atoms with Crippen molar-refractivity contribution < 1.29 is 0 Å². The van der Waals surface area contributed by atoms with E-state index in [0.29, 0.717) is 6.67 Å². The lowest BCUT2D eigenvalue weighted by atomic mass is 10.2. The van der Waals surface area contributed by atoms with Crippen LogP contribution in [0, 0.1) is 0 Å². The SMILES string of the molecule is Cl.Cl.NCN1CCN(c2ccccc2)CC1. The van der Waals surface area contributed by atoms with Gasteiger partial charge in [0.15, 0.2) is 0 Å². The highest BCUT2D eigenvalue weighted by Crippen LogP contribution is 2.14. The predicted octanol–water partition coefficient (Wildman–Crippen LogP) is 1.57. The zero-order chi connectivity index (χ0) is 9.80. The predicted molar refractivity (Wildman–Crippen MR) is 73.8 cm³/mol. The summed E-state index contributed by atoms with van der Waals surface area (Å²) in [5, 5.41) is 0. The van der Waals surface area contributed by atoms with Gasteiger partial charge in [-0.2, -0.15) is 0 Å². The van der Waals surface area contributed by atoms with Gasteiger partial charge in [0.05, 0.1) is 0 Å². The molecule has 1 saturated heterocycles. The smallest absolute Gasteiger partial charge is 0.0456 e. The molecule has 1 fully saturated rings. The highest BCUT2D eigenvalue weighted by molar-refractivity contribution is 5.85. The summed E-state index contributed by atoms with van der Waals surface area (Å²) < 4.78 is 0. The zero-order valence-electron chi connectivity index (χ0n) is 9.21. The molecule has 2 N–H and O–H groups in total. The summed E-state index contributed by atoms with van der Waals surface area (Å²) in [5.41, 5.74) is 6.92. The minimum absolute atomic E-state index is 0. The molecule has 1 aliphatic rings. The van der Waals surface area contributed by atoms with Crippen LogP contribution >= 0.6 is 24.8 Å². The van der Waals surface area contributed by atoms with Crippen LogP contribution in [0.2, 0.25) is 0 Å². The van der Waals surface area contributed by atoms with Gasteiger partial charge in [-0.15, -0.1) is 24.8 Å². The number of nitrogens with zero attached hydrogens (tertiary/aromatic N) is 2. The summed E-state index contributed by atoms with van der Waals surface area (Å²) >= 11 is 0. The minimum Gasteiger partial charge on any atom is -0.369 e. The van der Waals surface area contributed by atoms with Crippen molar-refractivity contribution in [1.82, 2.24) is 4.90 Å². The highest BCUT2D eigenvalue weighted by Gasteiger charge is 2.15. The summed E-state index contributed by atoms with van der Waals surface area (Å²) in [5.74, 6) is 0. The molecule has 1 aromatic rings. The van der Waals surface area contributed by atoms with Crippen molar-refractivity contribution in [3.8, 4) is 0 Å². The Hall–Kier alpha value is -0.480. The van der Waals surface area contributed by atoms with Gasteiger partial charge in [-0.25, -0.2) is 0 Å². The summed E-state index contributed by atoms with van der Waals surface area (Å²) in [4.78, 5) is 4.69. The third-order valence-corrected chi connectivity index (χ3v) is 2.75. The van der Waals surface area contributed by atoms with Gasteiger partial charge in [0.1, 0.15) is 0 Å². The van der Waals surface area contributed by atoms with Gasteiger partial charge < -0.3 is 10.6 Å². The van der Waals surface area contributed by atoms with Crippen LogP contribution in [0.4, 0.5) is 5.69 Å².